The highest BCUT2D eigenvalue weighted by Gasteiger charge is 2.29. The maximum absolute atomic E-state index is 14.7. The quantitative estimate of drug-likeness (QED) is 0.241. The first kappa shape index (κ1) is 28.8. The number of halogens is 3. The summed E-state index contributed by atoms with van der Waals surface area (Å²) in [6, 6.07) is 6.70. The molecule has 4 aromatic rings. The van der Waals surface area contributed by atoms with E-state index in [2.05, 4.69) is 25.2 Å². The zero-order chi connectivity index (χ0) is 29.5. The van der Waals surface area contributed by atoms with E-state index < -0.39 is 23.3 Å². The fraction of sp³-hybridized carbons (Fsp3) is 0.367. The van der Waals surface area contributed by atoms with Crippen LogP contribution in [0.15, 0.2) is 41.6 Å². The number of carbonyl (C=O) groups excluding carboxylic acids is 1. The van der Waals surface area contributed by atoms with Gasteiger partial charge in [0.05, 0.1) is 16.8 Å². The minimum atomic E-state index is -0.745. The molecule has 41 heavy (non-hydrogen) atoms. The molecular weight excluding hydrogens is 551 g/mol. The summed E-state index contributed by atoms with van der Waals surface area (Å²) in [4.78, 5) is 26.8. The predicted octanol–water partition coefficient (Wildman–Crippen LogP) is 7.23. The van der Waals surface area contributed by atoms with Crippen LogP contribution in [0.1, 0.15) is 39.2 Å². The van der Waals surface area contributed by atoms with Gasteiger partial charge in [0.1, 0.15) is 33.6 Å². The number of aromatic amines is 1. The van der Waals surface area contributed by atoms with E-state index in [1.165, 1.54) is 30.0 Å². The van der Waals surface area contributed by atoms with Crippen LogP contribution < -0.4 is 10.2 Å². The molecule has 1 fully saturated rings. The first-order valence-corrected chi connectivity index (χ1v) is 14.6. The van der Waals surface area contributed by atoms with Gasteiger partial charge in [-0.1, -0.05) is 6.07 Å². The maximum Gasteiger partial charge on any atom is 0.407 e. The summed E-state index contributed by atoms with van der Waals surface area (Å²) in [5.74, 6) is -1.51. The van der Waals surface area contributed by atoms with Crippen molar-refractivity contribution in [1.29, 1.82) is 0 Å². The molecule has 0 bridgehead atoms. The van der Waals surface area contributed by atoms with Crippen LogP contribution in [-0.4, -0.2) is 52.0 Å². The number of aryl methyl sites for hydroxylation is 1. The van der Waals surface area contributed by atoms with Gasteiger partial charge in [0.25, 0.3) is 0 Å². The summed E-state index contributed by atoms with van der Waals surface area (Å²) in [5, 5.41) is 3.59. The average Bonchev–Trinajstić information content (AvgIpc) is 3.30. The van der Waals surface area contributed by atoms with E-state index in [4.69, 9.17) is 4.74 Å². The number of thioether (sulfide) groups is 1. The third kappa shape index (κ3) is 6.29. The third-order valence-corrected chi connectivity index (χ3v) is 7.54. The molecule has 0 aliphatic carbocycles. The minimum Gasteiger partial charge on any atom is -0.444 e. The van der Waals surface area contributed by atoms with E-state index in [-0.39, 0.29) is 22.9 Å². The van der Waals surface area contributed by atoms with Gasteiger partial charge in [-0.15, -0.1) is 11.8 Å². The fourth-order valence-corrected chi connectivity index (χ4v) is 5.72. The molecule has 0 unspecified atom stereocenters. The van der Waals surface area contributed by atoms with Crippen molar-refractivity contribution in [2.45, 2.75) is 57.2 Å². The lowest BCUT2D eigenvalue weighted by Crippen LogP contribution is -2.46. The summed E-state index contributed by atoms with van der Waals surface area (Å²) in [6.45, 7) is 8.40. The molecule has 0 radical (unpaired) electrons. The van der Waals surface area contributed by atoms with Crippen molar-refractivity contribution in [3.05, 3.63) is 59.5 Å². The molecule has 2 aromatic carbocycles. The van der Waals surface area contributed by atoms with Crippen molar-refractivity contribution in [1.82, 2.24) is 20.3 Å². The van der Waals surface area contributed by atoms with Gasteiger partial charge in [-0.25, -0.2) is 27.9 Å². The Morgan fingerprint density at radius 1 is 1.10 bits per heavy atom. The molecule has 2 N–H and O–H groups in total. The number of amides is 1. The number of alkyl carbamates (subject to hydrolysis) is 1. The molecule has 5 rings (SSSR count). The number of piperidine rings is 1. The number of pyridine rings is 1. The monoisotopic (exact) mass is 583 g/mol. The average molecular weight is 584 g/mol. The van der Waals surface area contributed by atoms with E-state index in [9.17, 15) is 18.0 Å². The molecule has 0 saturated carbocycles. The topological polar surface area (TPSA) is 83.1 Å². The molecular formula is C30H32F3N5O2S. The molecule has 2 aromatic heterocycles. The highest BCUT2D eigenvalue weighted by Crippen LogP contribution is 2.44. The first-order valence-electron chi connectivity index (χ1n) is 13.4. The van der Waals surface area contributed by atoms with Gasteiger partial charge in [-0.3, -0.25) is 0 Å². The Hall–Kier alpha value is -3.73. The van der Waals surface area contributed by atoms with Crippen LogP contribution in [0, 0.1) is 24.4 Å². The molecule has 1 saturated heterocycles. The molecule has 1 amide bonds. The Bertz CT molecular complexity index is 1590. The number of aromatic nitrogens is 3. The fourth-order valence-electron chi connectivity index (χ4n) is 5.16. The van der Waals surface area contributed by atoms with Gasteiger partial charge in [0.15, 0.2) is 5.82 Å². The third-order valence-electron chi connectivity index (χ3n) is 6.84. The zero-order valence-corrected chi connectivity index (χ0v) is 24.4. The highest BCUT2D eigenvalue weighted by molar-refractivity contribution is 7.98. The zero-order valence-electron chi connectivity index (χ0n) is 23.6. The molecule has 0 atom stereocenters. The van der Waals surface area contributed by atoms with Crippen molar-refractivity contribution in [3.8, 4) is 22.5 Å². The normalized spacial score (nSPS) is 14.5. The Morgan fingerprint density at radius 3 is 2.46 bits per heavy atom. The molecule has 0 spiro atoms. The van der Waals surface area contributed by atoms with Crippen LogP contribution >= 0.6 is 11.8 Å². The number of anilines is 1. The summed E-state index contributed by atoms with van der Waals surface area (Å²) < 4.78 is 48.7. The second-order valence-corrected chi connectivity index (χ2v) is 12.0. The van der Waals surface area contributed by atoms with Gasteiger partial charge in [0.2, 0.25) is 0 Å². The number of nitrogens with one attached hydrogen (secondary N) is 2. The lowest BCUT2D eigenvalue weighted by atomic mass is 9.97. The predicted molar refractivity (Wildman–Crippen MR) is 156 cm³/mol. The van der Waals surface area contributed by atoms with E-state index in [1.54, 1.807) is 6.20 Å². The van der Waals surface area contributed by atoms with Crippen molar-refractivity contribution < 1.29 is 22.7 Å². The van der Waals surface area contributed by atoms with Crippen LogP contribution in [-0.2, 0) is 4.74 Å². The van der Waals surface area contributed by atoms with Gasteiger partial charge in [-0.2, -0.15) is 0 Å². The van der Waals surface area contributed by atoms with Crippen LogP contribution in [0.4, 0.5) is 23.7 Å². The number of ether oxygens (including phenoxy) is 1. The van der Waals surface area contributed by atoms with Crippen molar-refractivity contribution >= 4 is 34.6 Å². The standard InChI is InChI=1S/C30H32F3N5O2S/c1-16-10-17(12-18(31)11-16)21-15-34-28(41-5)24(27-36-23-14-19(32)13-22(33)25(23)37-27)26(21)38-8-6-20(7-9-38)35-29(39)40-30(2,3)4/h10-15,20H,6-9H2,1-5H3,(H,35,39)(H,36,37). The maximum atomic E-state index is 14.7. The summed E-state index contributed by atoms with van der Waals surface area (Å²) >= 11 is 1.40. The number of H-pyrrole nitrogens is 1. The van der Waals surface area contributed by atoms with E-state index in [1.807, 2.05) is 40.0 Å². The number of nitrogens with zero attached hydrogens (tertiary/aromatic N) is 3. The van der Waals surface area contributed by atoms with Gasteiger partial charge < -0.3 is 19.9 Å². The molecule has 7 nitrogen and oxygen atoms in total. The summed E-state index contributed by atoms with van der Waals surface area (Å²) in [5.41, 5.74) is 3.10. The second-order valence-electron chi connectivity index (χ2n) is 11.2. The van der Waals surface area contributed by atoms with Crippen LogP contribution in [0.2, 0.25) is 0 Å². The number of hydrogen-bond acceptors (Lipinski definition) is 6. The van der Waals surface area contributed by atoms with Crippen LogP contribution in [0.5, 0.6) is 0 Å². The Labute approximate surface area is 240 Å². The van der Waals surface area contributed by atoms with E-state index in [0.29, 0.717) is 53.5 Å². The Morgan fingerprint density at radius 2 is 1.80 bits per heavy atom. The van der Waals surface area contributed by atoms with Crippen molar-refractivity contribution in [3.63, 3.8) is 0 Å². The molecule has 1 aliphatic rings. The number of imidazole rings is 1. The number of hydrogen-bond donors (Lipinski definition) is 2. The SMILES string of the molecule is CSc1ncc(-c2cc(C)cc(F)c2)c(N2CCC(NC(=O)OC(C)(C)C)CC2)c1-c1nc2cc(F)cc(F)c2[nH]1. The van der Waals surface area contributed by atoms with Gasteiger partial charge in [-0.05, 0) is 70.1 Å². The van der Waals surface area contributed by atoms with Crippen LogP contribution in [0.25, 0.3) is 33.5 Å². The molecule has 11 heteroatoms. The molecule has 3 heterocycles. The molecule has 216 valence electrons. The summed E-state index contributed by atoms with van der Waals surface area (Å²) in [7, 11) is 0. The van der Waals surface area contributed by atoms with Gasteiger partial charge >= 0.3 is 6.09 Å². The first-order chi connectivity index (χ1) is 19.4. The minimum absolute atomic E-state index is 0.0884. The largest absolute Gasteiger partial charge is 0.444 e. The highest BCUT2D eigenvalue weighted by atomic mass is 32.2. The van der Waals surface area contributed by atoms with Crippen LogP contribution in [0.3, 0.4) is 0 Å². The van der Waals surface area contributed by atoms with Crippen molar-refractivity contribution in [2.24, 2.45) is 0 Å². The van der Waals surface area contributed by atoms with Crippen molar-refractivity contribution in [2.75, 3.05) is 24.2 Å². The number of carbonyl (C=O) groups is 1. The lowest BCUT2D eigenvalue weighted by molar-refractivity contribution is 0.0497. The smallest absolute Gasteiger partial charge is 0.407 e. The number of rotatable bonds is 5. The number of fused-ring (bicyclic) bond motifs is 1. The lowest BCUT2D eigenvalue weighted by Gasteiger charge is -2.36. The Balaban J connectivity index is 1.60. The number of benzene rings is 2. The molecule has 1 aliphatic heterocycles. The van der Waals surface area contributed by atoms with Gasteiger partial charge in [0, 0.05) is 43.0 Å². The van der Waals surface area contributed by atoms with E-state index >= 15 is 0 Å². The second kappa shape index (κ2) is 11.3. The summed E-state index contributed by atoms with van der Waals surface area (Å²) in [6.07, 6.45) is 4.40. The Kier molecular flexibility index (Phi) is 7.91. The van der Waals surface area contributed by atoms with E-state index in [0.717, 1.165) is 17.3 Å².